The van der Waals surface area contributed by atoms with Gasteiger partial charge in [0.2, 0.25) is 0 Å². The van der Waals surface area contributed by atoms with Crippen LogP contribution in [0.1, 0.15) is 53.3 Å². The zero-order chi connectivity index (χ0) is 14.2. The number of rotatable bonds is 2. The van der Waals surface area contributed by atoms with E-state index in [1.54, 1.807) is 13.8 Å². The van der Waals surface area contributed by atoms with Gasteiger partial charge in [-0.15, -0.1) is 0 Å². The van der Waals surface area contributed by atoms with Gasteiger partial charge in [0.05, 0.1) is 17.7 Å². The lowest BCUT2D eigenvalue weighted by Gasteiger charge is -2.31. The third-order valence-electron chi connectivity index (χ3n) is 3.93. The van der Waals surface area contributed by atoms with Crippen molar-refractivity contribution in [3.05, 3.63) is 33.2 Å². The van der Waals surface area contributed by atoms with Crippen LogP contribution in [0.2, 0.25) is 0 Å². The lowest BCUT2D eigenvalue weighted by molar-refractivity contribution is 0.0667. The average Bonchev–Trinajstić information content (AvgIpc) is 2.30. The van der Waals surface area contributed by atoms with Crippen molar-refractivity contribution in [1.29, 1.82) is 0 Å². The number of nitrogens with zero attached hydrogens (tertiary/aromatic N) is 1. The number of aromatic carboxylic acids is 1. The van der Waals surface area contributed by atoms with Gasteiger partial charge in [-0.25, -0.2) is 4.79 Å². The van der Waals surface area contributed by atoms with E-state index in [2.05, 4.69) is 0 Å². The van der Waals surface area contributed by atoms with E-state index in [9.17, 15) is 19.8 Å². The van der Waals surface area contributed by atoms with Crippen molar-refractivity contribution in [2.75, 3.05) is 0 Å². The van der Waals surface area contributed by atoms with Crippen molar-refractivity contribution in [3.8, 4) is 0 Å². The van der Waals surface area contributed by atoms with Gasteiger partial charge in [0.25, 0.3) is 5.56 Å². The number of carboxylic acids is 1. The molecule has 1 aromatic heterocycles. The van der Waals surface area contributed by atoms with Crippen LogP contribution in [-0.2, 0) is 0 Å². The second-order valence-electron chi connectivity index (χ2n) is 5.22. The molecule has 0 amide bonds. The van der Waals surface area contributed by atoms with Crippen LogP contribution in [0.3, 0.4) is 0 Å². The predicted octanol–water partition coefficient (Wildman–Crippen LogP) is 1.64. The van der Waals surface area contributed by atoms with E-state index in [1.165, 1.54) is 10.6 Å². The first-order chi connectivity index (χ1) is 8.93. The van der Waals surface area contributed by atoms with Crippen LogP contribution in [0.15, 0.2) is 10.9 Å². The molecule has 1 aromatic rings. The van der Waals surface area contributed by atoms with Crippen molar-refractivity contribution >= 4 is 5.97 Å². The molecule has 5 heteroatoms. The summed E-state index contributed by atoms with van der Waals surface area (Å²) in [6.45, 7) is 3.26. The Morgan fingerprint density at radius 2 is 1.95 bits per heavy atom. The minimum Gasteiger partial charge on any atom is -0.478 e. The van der Waals surface area contributed by atoms with E-state index < -0.39 is 12.1 Å². The maximum absolute atomic E-state index is 12.1. The summed E-state index contributed by atoms with van der Waals surface area (Å²) in [6, 6.07) is 1.04. The summed E-state index contributed by atoms with van der Waals surface area (Å²) in [5.74, 6) is -1.03. The first-order valence-electron chi connectivity index (χ1n) is 6.57. The molecule has 0 aliphatic heterocycles. The molecule has 1 heterocycles. The fourth-order valence-electron chi connectivity index (χ4n) is 3.03. The summed E-state index contributed by atoms with van der Waals surface area (Å²) in [7, 11) is 0. The molecule has 1 aliphatic rings. The first-order valence-corrected chi connectivity index (χ1v) is 6.57. The van der Waals surface area contributed by atoms with E-state index >= 15 is 0 Å². The number of carboxylic acid groups (broad SMARTS) is 1. The van der Waals surface area contributed by atoms with Crippen LogP contribution in [0.25, 0.3) is 0 Å². The molecule has 104 valence electrons. The lowest BCUT2D eigenvalue weighted by Crippen LogP contribution is -2.37. The second-order valence-corrected chi connectivity index (χ2v) is 5.22. The fourth-order valence-corrected chi connectivity index (χ4v) is 3.03. The first kappa shape index (κ1) is 13.8. The summed E-state index contributed by atoms with van der Waals surface area (Å²) in [6.07, 6.45) is 2.69. The van der Waals surface area contributed by atoms with Crippen molar-refractivity contribution in [3.63, 3.8) is 0 Å². The molecule has 2 atom stereocenters. The number of carbonyl (C=O) groups is 1. The van der Waals surface area contributed by atoms with Crippen LogP contribution < -0.4 is 5.56 Å². The third kappa shape index (κ3) is 2.42. The van der Waals surface area contributed by atoms with Crippen molar-refractivity contribution in [1.82, 2.24) is 4.57 Å². The largest absolute Gasteiger partial charge is 0.478 e. The van der Waals surface area contributed by atoms with Crippen LogP contribution >= 0.6 is 0 Å². The van der Waals surface area contributed by atoms with E-state index in [-0.39, 0.29) is 17.2 Å². The van der Waals surface area contributed by atoms with Gasteiger partial charge >= 0.3 is 5.97 Å². The van der Waals surface area contributed by atoms with Crippen LogP contribution in [0.5, 0.6) is 0 Å². The highest BCUT2D eigenvalue weighted by molar-refractivity contribution is 5.90. The molecule has 1 fully saturated rings. The van der Waals surface area contributed by atoms with Crippen molar-refractivity contribution in [2.24, 2.45) is 0 Å². The molecule has 2 rings (SSSR count). The SMILES string of the molecule is Cc1cc(=O)n(C2CCCCC2O)c(C)c1C(=O)O. The summed E-state index contributed by atoms with van der Waals surface area (Å²) in [5.41, 5.74) is 0.836. The Morgan fingerprint density at radius 3 is 2.53 bits per heavy atom. The standard InChI is InChI=1S/C14H19NO4/c1-8-7-12(17)15(9(2)13(8)14(18)19)10-5-3-4-6-11(10)16/h7,10-11,16H,3-6H2,1-2H3,(H,18,19). The maximum Gasteiger partial charge on any atom is 0.337 e. The maximum atomic E-state index is 12.1. The Morgan fingerprint density at radius 1 is 1.32 bits per heavy atom. The van der Waals surface area contributed by atoms with Crippen LogP contribution in [0.4, 0.5) is 0 Å². The van der Waals surface area contributed by atoms with E-state index in [1.807, 2.05) is 0 Å². The molecule has 0 spiro atoms. The Kier molecular flexibility index (Phi) is 3.75. The molecule has 0 radical (unpaired) electrons. The molecule has 19 heavy (non-hydrogen) atoms. The van der Waals surface area contributed by atoms with Gasteiger partial charge in [-0.1, -0.05) is 12.8 Å². The molecule has 2 N–H and O–H groups in total. The molecular formula is C14H19NO4. The highest BCUT2D eigenvalue weighted by Crippen LogP contribution is 2.29. The van der Waals surface area contributed by atoms with Crippen molar-refractivity contribution in [2.45, 2.75) is 51.7 Å². The van der Waals surface area contributed by atoms with Gasteiger partial charge in [0, 0.05) is 11.8 Å². The summed E-state index contributed by atoms with van der Waals surface area (Å²) >= 11 is 0. The molecule has 2 unspecified atom stereocenters. The number of hydrogen-bond donors (Lipinski definition) is 2. The van der Waals surface area contributed by atoms with Gasteiger partial charge in [-0.3, -0.25) is 4.79 Å². The van der Waals surface area contributed by atoms with Gasteiger partial charge in [0.15, 0.2) is 0 Å². The average molecular weight is 265 g/mol. The molecular weight excluding hydrogens is 246 g/mol. The molecule has 5 nitrogen and oxygen atoms in total. The van der Waals surface area contributed by atoms with Crippen LogP contribution in [0, 0.1) is 13.8 Å². The predicted molar refractivity (Wildman–Crippen MR) is 70.6 cm³/mol. The molecule has 0 saturated heterocycles. The number of aliphatic hydroxyl groups is 1. The van der Waals surface area contributed by atoms with E-state index in [0.29, 0.717) is 24.1 Å². The fraction of sp³-hybridized carbons (Fsp3) is 0.571. The number of aliphatic hydroxyl groups excluding tert-OH is 1. The quantitative estimate of drug-likeness (QED) is 0.852. The summed E-state index contributed by atoms with van der Waals surface area (Å²) in [4.78, 5) is 23.4. The Labute approximate surface area is 111 Å². The van der Waals surface area contributed by atoms with Gasteiger partial charge in [0.1, 0.15) is 0 Å². The molecule has 1 aliphatic carbocycles. The topological polar surface area (TPSA) is 79.5 Å². The number of aromatic nitrogens is 1. The monoisotopic (exact) mass is 265 g/mol. The Bertz CT molecular complexity index is 561. The molecule has 1 saturated carbocycles. The van der Waals surface area contributed by atoms with Crippen molar-refractivity contribution < 1.29 is 15.0 Å². The summed E-state index contributed by atoms with van der Waals surface area (Å²) < 4.78 is 1.46. The Balaban J connectivity index is 2.59. The minimum atomic E-state index is -1.03. The minimum absolute atomic E-state index is 0.164. The van der Waals surface area contributed by atoms with Gasteiger partial charge in [-0.2, -0.15) is 0 Å². The lowest BCUT2D eigenvalue weighted by atomic mass is 9.91. The third-order valence-corrected chi connectivity index (χ3v) is 3.93. The number of aryl methyl sites for hydroxylation is 1. The van der Waals surface area contributed by atoms with Gasteiger partial charge < -0.3 is 14.8 Å². The van der Waals surface area contributed by atoms with Gasteiger partial charge in [-0.05, 0) is 32.3 Å². The smallest absolute Gasteiger partial charge is 0.337 e. The highest BCUT2D eigenvalue weighted by Gasteiger charge is 2.28. The highest BCUT2D eigenvalue weighted by atomic mass is 16.4. The molecule has 0 aromatic carbocycles. The zero-order valence-corrected chi connectivity index (χ0v) is 11.2. The van der Waals surface area contributed by atoms with E-state index in [0.717, 1.165) is 12.8 Å². The number of hydrogen-bond acceptors (Lipinski definition) is 3. The number of pyridine rings is 1. The second kappa shape index (κ2) is 5.17. The zero-order valence-electron chi connectivity index (χ0n) is 11.2. The van der Waals surface area contributed by atoms with E-state index in [4.69, 9.17) is 0 Å². The van der Waals surface area contributed by atoms with Crippen LogP contribution in [-0.4, -0.2) is 26.9 Å². The Hall–Kier alpha value is -1.62. The molecule has 0 bridgehead atoms. The normalized spacial score (nSPS) is 23.3. The summed E-state index contributed by atoms with van der Waals surface area (Å²) in [5, 5.41) is 19.3.